The van der Waals surface area contributed by atoms with Crippen molar-refractivity contribution in [2.45, 2.75) is 38.3 Å². The van der Waals surface area contributed by atoms with Crippen molar-refractivity contribution < 1.29 is 24.6 Å². The first-order valence-corrected chi connectivity index (χ1v) is 9.36. The number of amides is 2. The molecule has 2 fully saturated rings. The van der Waals surface area contributed by atoms with E-state index in [9.17, 15) is 24.6 Å². The highest BCUT2D eigenvalue weighted by Crippen LogP contribution is 2.50. The van der Waals surface area contributed by atoms with Gasteiger partial charge in [0.25, 0.3) is 0 Å². The molecule has 3 N–H and O–H groups in total. The Labute approximate surface area is 159 Å². The molecule has 26 heavy (non-hydrogen) atoms. The molecule has 4 atom stereocenters. The lowest BCUT2D eigenvalue weighted by molar-refractivity contribution is -0.150. The van der Waals surface area contributed by atoms with E-state index in [0.717, 1.165) is 6.42 Å². The van der Waals surface area contributed by atoms with Crippen LogP contribution in [0.4, 0.5) is 0 Å². The van der Waals surface area contributed by atoms with Crippen LogP contribution < -0.4 is 5.32 Å². The number of nitrogens with one attached hydrogen (secondary N) is 1. The summed E-state index contributed by atoms with van der Waals surface area (Å²) >= 11 is 3.33. The molecule has 0 saturated carbocycles. The number of unbranched alkanes of at least 4 members (excludes halogenated alkanes) is 1. The lowest BCUT2D eigenvalue weighted by atomic mass is 9.80. The van der Waals surface area contributed by atoms with Crippen molar-refractivity contribution in [3.8, 4) is 5.75 Å². The van der Waals surface area contributed by atoms with Crippen molar-refractivity contribution in [3.05, 3.63) is 28.2 Å². The van der Waals surface area contributed by atoms with Gasteiger partial charge in [0.15, 0.2) is 0 Å². The lowest BCUT2D eigenvalue weighted by Gasteiger charge is -2.27. The Morgan fingerprint density at radius 3 is 2.65 bits per heavy atom. The monoisotopic (exact) mass is 424 g/mol. The highest BCUT2D eigenvalue weighted by molar-refractivity contribution is 9.10. The quantitative estimate of drug-likeness (QED) is 0.624. The third-order valence-electron chi connectivity index (χ3n) is 5.38. The fraction of sp³-hybridized carbons (Fsp3) is 0.500. The van der Waals surface area contributed by atoms with E-state index < -0.39 is 35.3 Å². The molecule has 0 bridgehead atoms. The lowest BCUT2D eigenvalue weighted by Crippen LogP contribution is -2.53. The number of benzene rings is 1. The van der Waals surface area contributed by atoms with Gasteiger partial charge in [0.1, 0.15) is 11.3 Å². The van der Waals surface area contributed by atoms with E-state index in [0.29, 0.717) is 16.5 Å². The number of carboxylic acid groups (broad SMARTS) is 1. The second-order valence-corrected chi connectivity index (χ2v) is 7.93. The molecule has 2 saturated heterocycles. The van der Waals surface area contributed by atoms with E-state index in [1.165, 1.54) is 17.9 Å². The Morgan fingerprint density at radius 2 is 2.04 bits per heavy atom. The zero-order valence-corrected chi connectivity index (χ0v) is 16.1. The number of imide groups is 1. The maximum atomic E-state index is 13.0. The van der Waals surface area contributed by atoms with Crippen molar-refractivity contribution in [2.24, 2.45) is 11.8 Å². The highest BCUT2D eigenvalue weighted by atomic mass is 79.9. The van der Waals surface area contributed by atoms with E-state index in [2.05, 4.69) is 21.2 Å². The van der Waals surface area contributed by atoms with E-state index in [1.54, 1.807) is 12.1 Å². The molecule has 1 aromatic rings. The molecule has 4 unspecified atom stereocenters. The minimum atomic E-state index is -1.59. The minimum Gasteiger partial charge on any atom is -0.508 e. The summed E-state index contributed by atoms with van der Waals surface area (Å²) in [6.45, 7) is 3.67. The fourth-order valence-electron chi connectivity index (χ4n) is 3.97. The number of phenolic OH excluding ortho intramolecular Hbond substituents is 1. The van der Waals surface area contributed by atoms with Gasteiger partial charge >= 0.3 is 5.97 Å². The number of likely N-dealkylation sites (tertiary alicyclic amines) is 1. The number of carboxylic acids is 1. The number of rotatable bonds is 5. The van der Waals surface area contributed by atoms with Crippen LogP contribution in [0.5, 0.6) is 5.75 Å². The number of aliphatic carboxylic acids is 1. The fourth-order valence-corrected chi connectivity index (χ4v) is 4.35. The summed E-state index contributed by atoms with van der Waals surface area (Å²) < 4.78 is 0.687. The van der Waals surface area contributed by atoms with Crippen LogP contribution in [0.2, 0.25) is 0 Å². The number of carbonyl (C=O) groups is 3. The van der Waals surface area contributed by atoms with Crippen LogP contribution in [0, 0.1) is 11.8 Å². The van der Waals surface area contributed by atoms with Crippen molar-refractivity contribution in [3.63, 3.8) is 0 Å². The van der Waals surface area contributed by atoms with E-state index in [4.69, 9.17) is 0 Å². The van der Waals surface area contributed by atoms with E-state index >= 15 is 0 Å². The van der Waals surface area contributed by atoms with Gasteiger partial charge < -0.3 is 10.2 Å². The number of halogens is 1. The number of aromatic hydroxyl groups is 1. The van der Waals surface area contributed by atoms with Crippen LogP contribution in [-0.4, -0.2) is 45.0 Å². The number of fused-ring (bicyclic) bond motifs is 1. The second-order valence-electron chi connectivity index (χ2n) is 7.02. The maximum Gasteiger partial charge on any atom is 0.324 e. The topological polar surface area (TPSA) is 107 Å². The Hall–Kier alpha value is -1.93. The largest absolute Gasteiger partial charge is 0.508 e. The second kappa shape index (κ2) is 6.66. The maximum absolute atomic E-state index is 13.0. The Bertz CT molecular complexity index is 783. The average Bonchev–Trinajstić information content (AvgIpc) is 3.03. The van der Waals surface area contributed by atoms with Crippen molar-refractivity contribution in [1.29, 1.82) is 0 Å². The molecule has 2 aliphatic rings. The van der Waals surface area contributed by atoms with Crippen molar-refractivity contribution in [1.82, 2.24) is 10.2 Å². The Morgan fingerprint density at radius 1 is 1.35 bits per heavy atom. The predicted molar refractivity (Wildman–Crippen MR) is 96.3 cm³/mol. The van der Waals surface area contributed by atoms with Crippen molar-refractivity contribution >= 4 is 33.7 Å². The summed E-state index contributed by atoms with van der Waals surface area (Å²) in [6.07, 6.45) is 1.48. The molecular weight excluding hydrogens is 404 g/mol. The van der Waals surface area contributed by atoms with Gasteiger partial charge in [-0.1, -0.05) is 29.3 Å². The third kappa shape index (κ3) is 2.72. The zero-order valence-electron chi connectivity index (χ0n) is 14.5. The molecule has 2 aliphatic heterocycles. The normalized spacial score (nSPS) is 30.7. The van der Waals surface area contributed by atoms with Gasteiger partial charge in [0.05, 0.1) is 11.8 Å². The van der Waals surface area contributed by atoms with Gasteiger partial charge in [0.2, 0.25) is 11.8 Å². The number of phenols is 1. The molecule has 8 heteroatoms. The predicted octanol–water partition coefficient (Wildman–Crippen LogP) is 2.04. The van der Waals surface area contributed by atoms with Gasteiger partial charge in [-0.2, -0.15) is 0 Å². The summed E-state index contributed by atoms with van der Waals surface area (Å²) in [5.41, 5.74) is -1.18. The molecule has 0 aliphatic carbocycles. The molecular formula is C18H21BrN2O5. The first kappa shape index (κ1) is 18.8. The SMILES string of the molecule is CCCCN1C(=O)C2C(c3cc(Br)ccc3O)NC(C)(C(=O)O)C2C1=O. The van der Waals surface area contributed by atoms with Crippen LogP contribution >= 0.6 is 15.9 Å². The number of hydrogen-bond donors (Lipinski definition) is 3. The summed E-state index contributed by atoms with van der Waals surface area (Å²) in [5.74, 6) is -3.94. The van der Waals surface area contributed by atoms with E-state index in [-0.39, 0.29) is 18.2 Å². The Balaban J connectivity index is 2.08. The average molecular weight is 425 g/mol. The molecule has 1 aromatic carbocycles. The standard InChI is InChI=1S/C18H21BrN2O5/c1-3-4-7-21-15(23)12-13(16(21)24)18(2,17(25)26)20-14(12)10-8-9(19)5-6-11(10)22/h5-6,8,12-14,20,22H,3-4,7H2,1-2H3,(H,25,26). The van der Waals surface area contributed by atoms with Gasteiger partial charge in [-0.05, 0) is 31.5 Å². The van der Waals surface area contributed by atoms with Crippen LogP contribution in [0.15, 0.2) is 22.7 Å². The van der Waals surface area contributed by atoms with E-state index in [1.807, 2.05) is 6.92 Å². The summed E-state index contributed by atoms with van der Waals surface area (Å²) in [6, 6.07) is 4.01. The van der Waals surface area contributed by atoms with Gasteiger partial charge in [0, 0.05) is 22.6 Å². The first-order chi connectivity index (χ1) is 12.2. The van der Waals surface area contributed by atoms with Crippen molar-refractivity contribution in [2.75, 3.05) is 6.54 Å². The molecule has 2 amide bonds. The van der Waals surface area contributed by atoms with Gasteiger partial charge in [-0.25, -0.2) is 0 Å². The van der Waals surface area contributed by atoms with Gasteiger partial charge in [-0.15, -0.1) is 0 Å². The smallest absolute Gasteiger partial charge is 0.324 e. The molecule has 3 rings (SSSR count). The summed E-state index contributed by atoms with van der Waals surface area (Å²) in [7, 11) is 0. The third-order valence-corrected chi connectivity index (χ3v) is 5.88. The van der Waals surface area contributed by atoms with Crippen LogP contribution in [-0.2, 0) is 14.4 Å². The number of carbonyl (C=O) groups excluding carboxylic acids is 2. The summed E-state index contributed by atoms with van der Waals surface area (Å²) in [5, 5.41) is 23.0. The molecule has 0 aromatic heterocycles. The number of nitrogens with zero attached hydrogens (tertiary/aromatic N) is 1. The molecule has 2 heterocycles. The van der Waals surface area contributed by atoms with Crippen LogP contribution in [0.25, 0.3) is 0 Å². The minimum absolute atomic E-state index is 0.0497. The Kier molecular flexibility index (Phi) is 4.83. The molecule has 140 valence electrons. The molecule has 0 radical (unpaired) electrons. The molecule has 0 spiro atoms. The van der Waals surface area contributed by atoms with Crippen LogP contribution in [0.1, 0.15) is 38.3 Å². The number of hydrogen-bond acceptors (Lipinski definition) is 5. The zero-order chi connectivity index (χ0) is 19.2. The first-order valence-electron chi connectivity index (χ1n) is 8.57. The molecule has 7 nitrogen and oxygen atoms in total. The van der Waals surface area contributed by atoms with Crippen LogP contribution in [0.3, 0.4) is 0 Å². The van der Waals surface area contributed by atoms with Gasteiger partial charge in [-0.3, -0.25) is 24.6 Å². The highest BCUT2D eigenvalue weighted by Gasteiger charge is 2.66. The summed E-state index contributed by atoms with van der Waals surface area (Å²) in [4.78, 5) is 39.0.